The zero-order valence-corrected chi connectivity index (χ0v) is 17.9. The highest BCUT2D eigenvalue weighted by molar-refractivity contribution is 7.09. The highest BCUT2D eigenvalue weighted by atomic mass is 32.1. The fourth-order valence-corrected chi connectivity index (χ4v) is 4.43. The Kier molecular flexibility index (Phi) is 6.71. The van der Waals surface area contributed by atoms with E-state index in [1.165, 1.54) is 23.1 Å². The molecule has 0 saturated carbocycles. The average molecular weight is 442 g/mol. The summed E-state index contributed by atoms with van der Waals surface area (Å²) in [6, 6.07) is 9.68. The number of halogens is 1. The molecule has 0 unspecified atom stereocenters. The van der Waals surface area contributed by atoms with E-state index in [4.69, 9.17) is 0 Å². The second-order valence-electron chi connectivity index (χ2n) is 7.44. The van der Waals surface area contributed by atoms with Crippen molar-refractivity contribution in [3.63, 3.8) is 0 Å². The first kappa shape index (κ1) is 21.2. The molecular formula is C22H24FN5O2S. The fourth-order valence-electron chi connectivity index (χ4n) is 3.68. The molecule has 4 rings (SSSR count). The number of amides is 2. The van der Waals surface area contributed by atoms with E-state index in [1.807, 2.05) is 15.5 Å². The lowest BCUT2D eigenvalue weighted by Gasteiger charge is -2.20. The number of aromatic nitrogens is 3. The van der Waals surface area contributed by atoms with E-state index in [0.717, 1.165) is 18.7 Å². The minimum Gasteiger partial charge on any atom is -0.345 e. The molecule has 1 aromatic carbocycles. The molecule has 0 fully saturated rings. The molecule has 2 aromatic heterocycles. The number of nitrogens with one attached hydrogen (secondary N) is 1. The fraction of sp³-hybridized carbons (Fsp3) is 0.364. The van der Waals surface area contributed by atoms with E-state index in [-0.39, 0.29) is 23.9 Å². The maximum absolute atomic E-state index is 13.3. The third-order valence-electron chi connectivity index (χ3n) is 5.34. The number of aryl methyl sites for hydroxylation is 1. The standard InChI is InChI=1S/C22H24FN5O2S/c23-17-5-1-4-16(14-17)22(30)24-15-20-26-25-19-9-10-27(11-12-28(19)20)21(29)8-2-6-18-7-3-13-31-18/h1,3-5,7,13-14H,2,6,8-12,15H2,(H,24,30). The van der Waals surface area contributed by atoms with Gasteiger partial charge in [-0.05, 0) is 42.5 Å². The van der Waals surface area contributed by atoms with Crippen LogP contribution in [0.3, 0.4) is 0 Å². The Morgan fingerprint density at radius 2 is 2.03 bits per heavy atom. The minimum atomic E-state index is -0.454. The summed E-state index contributed by atoms with van der Waals surface area (Å²) in [5, 5.41) is 13.2. The monoisotopic (exact) mass is 441 g/mol. The van der Waals surface area contributed by atoms with E-state index in [0.29, 0.717) is 38.3 Å². The second kappa shape index (κ2) is 9.82. The van der Waals surface area contributed by atoms with Crippen LogP contribution in [-0.4, -0.2) is 44.6 Å². The molecule has 1 N–H and O–H groups in total. The molecule has 9 heteroatoms. The predicted octanol–water partition coefficient (Wildman–Crippen LogP) is 2.82. The lowest BCUT2D eigenvalue weighted by atomic mass is 10.2. The SMILES string of the molecule is O=C(NCc1nnc2n1CCN(C(=O)CCCc1cccs1)CC2)c1cccc(F)c1. The number of nitrogens with zero attached hydrogens (tertiary/aromatic N) is 4. The van der Waals surface area contributed by atoms with Crippen LogP contribution in [-0.2, 0) is 30.7 Å². The number of thiophene rings is 1. The number of benzene rings is 1. The zero-order chi connectivity index (χ0) is 21.6. The van der Waals surface area contributed by atoms with Gasteiger partial charge in [-0.2, -0.15) is 0 Å². The number of carbonyl (C=O) groups is 2. The lowest BCUT2D eigenvalue weighted by molar-refractivity contribution is -0.131. The van der Waals surface area contributed by atoms with Crippen molar-refractivity contribution in [2.24, 2.45) is 0 Å². The number of rotatable bonds is 7. The summed E-state index contributed by atoms with van der Waals surface area (Å²) in [6.07, 6.45) is 2.94. The molecular weight excluding hydrogens is 417 g/mol. The van der Waals surface area contributed by atoms with E-state index >= 15 is 0 Å². The Hall–Kier alpha value is -3.07. The van der Waals surface area contributed by atoms with Gasteiger partial charge in [0.1, 0.15) is 11.6 Å². The smallest absolute Gasteiger partial charge is 0.251 e. The molecule has 0 saturated heterocycles. The molecule has 0 radical (unpaired) electrons. The molecule has 1 aliphatic heterocycles. The molecule has 0 spiro atoms. The van der Waals surface area contributed by atoms with Gasteiger partial charge in [0.2, 0.25) is 5.91 Å². The van der Waals surface area contributed by atoms with E-state index < -0.39 is 5.82 Å². The van der Waals surface area contributed by atoms with Gasteiger partial charge in [-0.1, -0.05) is 12.1 Å². The van der Waals surface area contributed by atoms with Gasteiger partial charge < -0.3 is 14.8 Å². The number of hydrogen-bond donors (Lipinski definition) is 1. The Balaban J connectivity index is 1.29. The highest BCUT2D eigenvalue weighted by Crippen LogP contribution is 2.15. The van der Waals surface area contributed by atoms with Crippen LogP contribution in [0.5, 0.6) is 0 Å². The van der Waals surface area contributed by atoms with Crippen molar-refractivity contribution >= 4 is 23.2 Å². The van der Waals surface area contributed by atoms with Gasteiger partial charge in [-0.3, -0.25) is 9.59 Å². The molecule has 7 nitrogen and oxygen atoms in total. The maximum atomic E-state index is 13.3. The normalized spacial score (nSPS) is 13.5. The Bertz CT molecular complexity index is 1050. The molecule has 0 atom stereocenters. The Labute approximate surface area is 183 Å². The van der Waals surface area contributed by atoms with E-state index in [1.54, 1.807) is 17.4 Å². The van der Waals surface area contributed by atoms with Gasteiger partial charge in [-0.25, -0.2) is 4.39 Å². The van der Waals surface area contributed by atoms with Gasteiger partial charge in [0.05, 0.1) is 6.54 Å². The quantitative estimate of drug-likeness (QED) is 0.612. The van der Waals surface area contributed by atoms with Gasteiger partial charge in [0.15, 0.2) is 5.82 Å². The second-order valence-corrected chi connectivity index (χ2v) is 8.47. The van der Waals surface area contributed by atoms with Gasteiger partial charge in [0, 0.05) is 42.9 Å². The number of carbonyl (C=O) groups excluding carboxylic acids is 2. The maximum Gasteiger partial charge on any atom is 0.251 e. The first-order chi connectivity index (χ1) is 15.1. The van der Waals surface area contributed by atoms with Crippen LogP contribution in [0.25, 0.3) is 0 Å². The van der Waals surface area contributed by atoms with Crippen molar-refractivity contribution in [3.8, 4) is 0 Å². The van der Waals surface area contributed by atoms with Crippen LogP contribution in [0.15, 0.2) is 41.8 Å². The van der Waals surface area contributed by atoms with Crippen LogP contribution in [0.4, 0.5) is 4.39 Å². The zero-order valence-electron chi connectivity index (χ0n) is 17.1. The summed E-state index contributed by atoms with van der Waals surface area (Å²) >= 11 is 1.72. The molecule has 1 aliphatic rings. The van der Waals surface area contributed by atoms with Crippen LogP contribution >= 0.6 is 11.3 Å². The molecule has 2 amide bonds. The van der Waals surface area contributed by atoms with E-state index in [9.17, 15) is 14.0 Å². The summed E-state index contributed by atoms with van der Waals surface area (Å²) in [5.74, 6) is 0.782. The van der Waals surface area contributed by atoms with Crippen LogP contribution in [0.1, 0.15) is 39.7 Å². The summed E-state index contributed by atoms with van der Waals surface area (Å²) in [7, 11) is 0. The number of fused-ring (bicyclic) bond motifs is 1. The summed E-state index contributed by atoms with van der Waals surface area (Å²) in [4.78, 5) is 28.1. The summed E-state index contributed by atoms with van der Waals surface area (Å²) < 4.78 is 15.3. The Morgan fingerprint density at radius 3 is 2.84 bits per heavy atom. The topological polar surface area (TPSA) is 80.1 Å². The van der Waals surface area contributed by atoms with Crippen molar-refractivity contribution in [2.75, 3.05) is 13.1 Å². The predicted molar refractivity (Wildman–Crippen MR) is 115 cm³/mol. The molecule has 31 heavy (non-hydrogen) atoms. The van der Waals surface area contributed by atoms with Gasteiger partial charge in [0.25, 0.3) is 5.91 Å². The van der Waals surface area contributed by atoms with Crippen LogP contribution < -0.4 is 5.32 Å². The molecule has 162 valence electrons. The van der Waals surface area contributed by atoms with Crippen molar-refractivity contribution in [2.45, 2.75) is 38.8 Å². The Morgan fingerprint density at radius 1 is 1.13 bits per heavy atom. The van der Waals surface area contributed by atoms with Gasteiger partial charge >= 0.3 is 0 Å². The highest BCUT2D eigenvalue weighted by Gasteiger charge is 2.22. The first-order valence-electron chi connectivity index (χ1n) is 10.3. The van der Waals surface area contributed by atoms with Crippen molar-refractivity contribution in [1.29, 1.82) is 0 Å². The molecule has 0 aliphatic carbocycles. The van der Waals surface area contributed by atoms with Gasteiger partial charge in [-0.15, -0.1) is 21.5 Å². The van der Waals surface area contributed by atoms with E-state index in [2.05, 4.69) is 27.0 Å². The number of hydrogen-bond acceptors (Lipinski definition) is 5. The van der Waals surface area contributed by atoms with Crippen LogP contribution in [0, 0.1) is 5.82 Å². The van der Waals surface area contributed by atoms with Crippen molar-refractivity contribution in [3.05, 3.63) is 69.7 Å². The molecule has 3 heterocycles. The third kappa shape index (κ3) is 5.35. The average Bonchev–Trinajstić information content (AvgIpc) is 3.37. The minimum absolute atomic E-state index is 0.163. The first-order valence-corrected chi connectivity index (χ1v) is 11.2. The van der Waals surface area contributed by atoms with Crippen molar-refractivity contribution in [1.82, 2.24) is 25.0 Å². The van der Waals surface area contributed by atoms with Crippen molar-refractivity contribution < 1.29 is 14.0 Å². The summed E-state index contributed by atoms with van der Waals surface area (Å²) in [6.45, 7) is 1.99. The largest absolute Gasteiger partial charge is 0.345 e. The van der Waals surface area contributed by atoms with Crippen LogP contribution in [0.2, 0.25) is 0 Å². The molecule has 0 bridgehead atoms. The molecule has 3 aromatic rings. The lowest BCUT2D eigenvalue weighted by Crippen LogP contribution is -2.33. The summed E-state index contributed by atoms with van der Waals surface area (Å²) in [5.41, 5.74) is 0.259. The third-order valence-corrected chi connectivity index (χ3v) is 6.28.